The molecule has 3 nitrogen and oxygen atoms in total. The minimum absolute atomic E-state index is 0.158. The van der Waals surface area contributed by atoms with Crippen LogP contribution in [0.4, 0.5) is 0 Å². The van der Waals surface area contributed by atoms with E-state index in [1.807, 2.05) is 0 Å². The Morgan fingerprint density at radius 3 is 2.45 bits per heavy atom. The van der Waals surface area contributed by atoms with Crippen LogP contribution in [-0.4, -0.2) is 36.0 Å². The van der Waals surface area contributed by atoms with Crippen molar-refractivity contribution in [2.75, 3.05) is 19.7 Å². The predicted molar refractivity (Wildman–Crippen MR) is 45.4 cm³/mol. The first kappa shape index (κ1) is 10.9. The van der Waals surface area contributed by atoms with E-state index < -0.39 is 6.10 Å². The van der Waals surface area contributed by atoms with Gasteiger partial charge < -0.3 is 15.5 Å². The second-order valence-electron chi connectivity index (χ2n) is 3.22. The topological polar surface area (TPSA) is 52.5 Å². The van der Waals surface area contributed by atoms with Gasteiger partial charge in [0, 0.05) is 6.54 Å². The summed E-state index contributed by atoms with van der Waals surface area (Å²) in [5, 5.41) is 20.4. The van der Waals surface area contributed by atoms with Gasteiger partial charge in [0.15, 0.2) is 0 Å². The van der Waals surface area contributed by atoms with Crippen LogP contribution in [0.1, 0.15) is 20.3 Å². The predicted octanol–water partition coefficient (Wildman–Crippen LogP) is -0.0247. The first-order valence-corrected chi connectivity index (χ1v) is 4.16. The standard InChI is InChI=1S/C8H19NO2/c1-7(2)3-4-9-5-8(11)6-10/h7-11H,3-6H2,1-2H3. The van der Waals surface area contributed by atoms with E-state index in [0.29, 0.717) is 12.5 Å². The SMILES string of the molecule is CC(C)CCNCC(O)CO. The molecular weight excluding hydrogens is 142 g/mol. The molecule has 0 aliphatic rings. The summed E-state index contributed by atoms with van der Waals surface area (Å²) in [6.07, 6.45) is 0.500. The Bertz CT molecular complexity index is 86.2. The lowest BCUT2D eigenvalue weighted by Crippen LogP contribution is -2.30. The molecule has 0 amide bonds. The molecule has 0 aromatic heterocycles. The van der Waals surface area contributed by atoms with Crippen LogP contribution in [0.2, 0.25) is 0 Å². The Morgan fingerprint density at radius 1 is 1.36 bits per heavy atom. The van der Waals surface area contributed by atoms with E-state index in [4.69, 9.17) is 10.2 Å². The highest BCUT2D eigenvalue weighted by atomic mass is 16.3. The third kappa shape index (κ3) is 7.78. The van der Waals surface area contributed by atoms with Gasteiger partial charge in [-0.2, -0.15) is 0 Å². The molecule has 1 unspecified atom stereocenters. The van der Waals surface area contributed by atoms with E-state index in [1.165, 1.54) is 0 Å². The molecule has 0 heterocycles. The van der Waals surface area contributed by atoms with Crippen LogP contribution in [0, 0.1) is 5.92 Å². The van der Waals surface area contributed by atoms with Gasteiger partial charge in [-0.1, -0.05) is 13.8 Å². The monoisotopic (exact) mass is 161 g/mol. The summed E-state index contributed by atoms with van der Waals surface area (Å²) in [5.41, 5.74) is 0. The van der Waals surface area contributed by atoms with Gasteiger partial charge in [0.25, 0.3) is 0 Å². The summed E-state index contributed by atoms with van der Waals surface area (Å²) >= 11 is 0. The van der Waals surface area contributed by atoms with Crippen molar-refractivity contribution in [3.8, 4) is 0 Å². The Morgan fingerprint density at radius 2 is 2.00 bits per heavy atom. The highest BCUT2D eigenvalue weighted by Gasteiger charge is 1.99. The molecule has 0 spiro atoms. The Kier molecular flexibility index (Phi) is 6.51. The Labute approximate surface area is 68.4 Å². The second kappa shape index (κ2) is 6.58. The van der Waals surface area contributed by atoms with Gasteiger partial charge in [0.2, 0.25) is 0 Å². The molecule has 0 radical (unpaired) electrons. The Balaban J connectivity index is 3.01. The van der Waals surface area contributed by atoms with Gasteiger partial charge in [-0.05, 0) is 18.9 Å². The maximum atomic E-state index is 8.91. The summed E-state index contributed by atoms with van der Waals surface area (Å²) < 4.78 is 0. The fourth-order valence-electron chi connectivity index (χ4n) is 0.724. The van der Waals surface area contributed by atoms with Crippen molar-refractivity contribution in [3.05, 3.63) is 0 Å². The first-order valence-electron chi connectivity index (χ1n) is 4.16. The van der Waals surface area contributed by atoms with E-state index in [-0.39, 0.29) is 6.61 Å². The van der Waals surface area contributed by atoms with E-state index in [1.54, 1.807) is 0 Å². The molecule has 0 aromatic rings. The normalized spacial score (nSPS) is 13.9. The summed E-state index contributed by atoms with van der Waals surface area (Å²) in [4.78, 5) is 0. The summed E-state index contributed by atoms with van der Waals surface area (Å²) in [6.45, 7) is 5.56. The molecule has 3 N–H and O–H groups in total. The third-order valence-corrected chi connectivity index (χ3v) is 1.49. The van der Waals surface area contributed by atoms with Gasteiger partial charge in [-0.3, -0.25) is 0 Å². The lowest BCUT2D eigenvalue weighted by Gasteiger charge is -2.09. The molecular formula is C8H19NO2. The van der Waals surface area contributed by atoms with Crippen molar-refractivity contribution in [1.29, 1.82) is 0 Å². The second-order valence-corrected chi connectivity index (χ2v) is 3.22. The highest BCUT2D eigenvalue weighted by molar-refractivity contribution is 4.57. The summed E-state index contributed by atoms with van der Waals surface area (Å²) in [5.74, 6) is 0.689. The number of nitrogens with one attached hydrogen (secondary N) is 1. The zero-order chi connectivity index (χ0) is 8.69. The van der Waals surface area contributed by atoms with Gasteiger partial charge in [-0.15, -0.1) is 0 Å². The average molecular weight is 161 g/mol. The molecule has 3 heteroatoms. The van der Waals surface area contributed by atoms with Gasteiger partial charge in [-0.25, -0.2) is 0 Å². The quantitative estimate of drug-likeness (QED) is 0.480. The lowest BCUT2D eigenvalue weighted by atomic mass is 10.1. The zero-order valence-corrected chi connectivity index (χ0v) is 7.38. The zero-order valence-electron chi connectivity index (χ0n) is 7.38. The summed E-state index contributed by atoms with van der Waals surface area (Å²) in [6, 6.07) is 0. The molecule has 0 saturated carbocycles. The number of aliphatic hydroxyl groups excluding tert-OH is 2. The van der Waals surface area contributed by atoms with E-state index in [2.05, 4.69) is 19.2 Å². The van der Waals surface area contributed by atoms with Crippen molar-refractivity contribution < 1.29 is 10.2 Å². The minimum Gasteiger partial charge on any atom is -0.394 e. The first-order chi connectivity index (χ1) is 5.16. The van der Waals surface area contributed by atoms with Gasteiger partial charge in [0.1, 0.15) is 0 Å². The maximum absolute atomic E-state index is 8.91. The number of hydrogen-bond donors (Lipinski definition) is 3. The molecule has 0 aliphatic carbocycles. The highest BCUT2D eigenvalue weighted by Crippen LogP contribution is 1.95. The number of aliphatic hydroxyl groups is 2. The van der Waals surface area contributed by atoms with Crippen molar-refractivity contribution in [2.45, 2.75) is 26.4 Å². The van der Waals surface area contributed by atoms with Gasteiger partial charge >= 0.3 is 0 Å². The smallest absolute Gasteiger partial charge is 0.0894 e. The van der Waals surface area contributed by atoms with Crippen LogP contribution in [0.25, 0.3) is 0 Å². The van der Waals surface area contributed by atoms with Crippen LogP contribution >= 0.6 is 0 Å². The van der Waals surface area contributed by atoms with E-state index in [0.717, 1.165) is 13.0 Å². The number of rotatable bonds is 6. The fraction of sp³-hybridized carbons (Fsp3) is 1.00. The van der Waals surface area contributed by atoms with E-state index >= 15 is 0 Å². The molecule has 68 valence electrons. The number of hydrogen-bond acceptors (Lipinski definition) is 3. The van der Waals surface area contributed by atoms with Crippen molar-refractivity contribution in [2.24, 2.45) is 5.92 Å². The molecule has 1 atom stereocenters. The maximum Gasteiger partial charge on any atom is 0.0894 e. The molecule has 0 rings (SSSR count). The minimum atomic E-state index is -0.609. The average Bonchev–Trinajstić information content (AvgIpc) is 1.97. The summed E-state index contributed by atoms with van der Waals surface area (Å²) in [7, 11) is 0. The fourth-order valence-corrected chi connectivity index (χ4v) is 0.724. The lowest BCUT2D eigenvalue weighted by molar-refractivity contribution is 0.0943. The van der Waals surface area contributed by atoms with Crippen molar-refractivity contribution in [1.82, 2.24) is 5.32 Å². The third-order valence-electron chi connectivity index (χ3n) is 1.49. The molecule has 11 heavy (non-hydrogen) atoms. The molecule has 0 bridgehead atoms. The molecule has 0 aliphatic heterocycles. The van der Waals surface area contributed by atoms with Crippen LogP contribution in [0.15, 0.2) is 0 Å². The van der Waals surface area contributed by atoms with Crippen LogP contribution in [0.3, 0.4) is 0 Å². The molecule has 0 fully saturated rings. The van der Waals surface area contributed by atoms with E-state index in [9.17, 15) is 0 Å². The van der Waals surface area contributed by atoms with Gasteiger partial charge in [0.05, 0.1) is 12.7 Å². The Hall–Kier alpha value is -0.120. The van der Waals surface area contributed by atoms with Crippen LogP contribution in [-0.2, 0) is 0 Å². The van der Waals surface area contributed by atoms with Crippen LogP contribution < -0.4 is 5.32 Å². The van der Waals surface area contributed by atoms with Crippen LogP contribution in [0.5, 0.6) is 0 Å². The largest absolute Gasteiger partial charge is 0.394 e. The molecule has 0 aromatic carbocycles. The molecule has 0 saturated heterocycles. The van der Waals surface area contributed by atoms with Crippen molar-refractivity contribution >= 4 is 0 Å². The van der Waals surface area contributed by atoms with Crippen molar-refractivity contribution in [3.63, 3.8) is 0 Å².